The molecule has 0 radical (unpaired) electrons. The van der Waals surface area contributed by atoms with Gasteiger partial charge >= 0.3 is 5.97 Å². The Kier molecular flexibility index (Phi) is 3.05. The van der Waals surface area contributed by atoms with E-state index >= 15 is 0 Å². The van der Waals surface area contributed by atoms with E-state index in [0.717, 1.165) is 36.0 Å². The van der Waals surface area contributed by atoms with Gasteiger partial charge in [-0.05, 0) is 55.9 Å². The van der Waals surface area contributed by atoms with Crippen LogP contribution in [0, 0.1) is 13.8 Å². The lowest BCUT2D eigenvalue weighted by Crippen LogP contribution is -2.32. The predicted octanol–water partition coefficient (Wildman–Crippen LogP) is 2.72. The smallest absolute Gasteiger partial charge is 0.335 e. The van der Waals surface area contributed by atoms with E-state index in [2.05, 4.69) is 4.99 Å². The molecule has 4 heteroatoms. The molecule has 2 rings (SSSR count). The van der Waals surface area contributed by atoms with Crippen molar-refractivity contribution in [3.05, 3.63) is 34.4 Å². The molecule has 0 amide bonds. The van der Waals surface area contributed by atoms with Crippen LogP contribution in [0.4, 0.5) is 0 Å². The molecule has 0 saturated heterocycles. The van der Waals surface area contributed by atoms with Crippen LogP contribution in [-0.2, 0) is 10.3 Å². The van der Waals surface area contributed by atoms with Crippen molar-refractivity contribution in [2.24, 2.45) is 4.99 Å². The van der Waals surface area contributed by atoms with Crippen molar-refractivity contribution in [1.29, 1.82) is 0 Å². The van der Waals surface area contributed by atoms with Crippen LogP contribution in [0.1, 0.15) is 46.3 Å². The van der Waals surface area contributed by atoms with Crippen molar-refractivity contribution >= 4 is 12.0 Å². The number of aromatic carboxylic acids is 1. The van der Waals surface area contributed by atoms with Crippen LogP contribution in [0.15, 0.2) is 17.1 Å². The van der Waals surface area contributed by atoms with Crippen LogP contribution < -0.4 is 0 Å². The molecule has 4 nitrogen and oxygen atoms in total. The molecule has 18 heavy (non-hydrogen) atoms. The standard InChI is InChI=1S/C14H15NO3/c1-9-6-11(7-12(10(9)2)13(17)18)14(15-8-16)4-3-5-14/h6-7H,3-5H2,1-2H3,(H,17,18). The third kappa shape index (κ3) is 1.85. The number of carbonyl (C=O) groups is 1. The Labute approximate surface area is 105 Å². The lowest BCUT2D eigenvalue weighted by atomic mass is 9.71. The van der Waals surface area contributed by atoms with Gasteiger partial charge in [0.2, 0.25) is 6.08 Å². The number of nitrogens with zero attached hydrogens (tertiary/aromatic N) is 1. The lowest BCUT2D eigenvalue weighted by molar-refractivity contribution is 0.0695. The first-order valence-electron chi connectivity index (χ1n) is 5.94. The molecule has 1 aliphatic rings. The molecule has 0 heterocycles. The Hall–Kier alpha value is -1.93. The molecule has 0 aliphatic heterocycles. The van der Waals surface area contributed by atoms with E-state index in [1.165, 1.54) is 0 Å². The zero-order chi connectivity index (χ0) is 13.3. The fourth-order valence-electron chi connectivity index (χ4n) is 2.41. The van der Waals surface area contributed by atoms with E-state index in [-0.39, 0.29) is 5.56 Å². The number of carbonyl (C=O) groups excluding carboxylic acids is 1. The van der Waals surface area contributed by atoms with Gasteiger partial charge in [0.25, 0.3) is 0 Å². The zero-order valence-corrected chi connectivity index (χ0v) is 10.5. The van der Waals surface area contributed by atoms with Gasteiger partial charge in [0.1, 0.15) is 0 Å². The number of isocyanates is 1. The molecule has 1 aromatic carbocycles. The average Bonchev–Trinajstić information content (AvgIpc) is 2.26. The van der Waals surface area contributed by atoms with E-state index in [0.29, 0.717) is 0 Å². The van der Waals surface area contributed by atoms with Crippen LogP contribution in [0.3, 0.4) is 0 Å². The highest BCUT2D eigenvalue weighted by Crippen LogP contribution is 2.45. The first kappa shape index (κ1) is 12.5. The Bertz CT molecular complexity index is 552. The average molecular weight is 245 g/mol. The topological polar surface area (TPSA) is 66.7 Å². The van der Waals surface area contributed by atoms with E-state index in [1.54, 1.807) is 19.1 Å². The number of benzene rings is 1. The minimum atomic E-state index is -0.943. The minimum Gasteiger partial charge on any atom is -0.478 e. The Balaban J connectivity index is 2.58. The van der Waals surface area contributed by atoms with Crippen molar-refractivity contribution in [3.8, 4) is 0 Å². The molecule has 1 aromatic rings. The summed E-state index contributed by atoms with van der Waals surface area (Å²) in [5, 5.41) is 9.19. The summed E-state index contributed by atoms with van der Waals surface area (Å²) < 4.78 is 0. The molecular formula is C14H15NO3. The maximum Gasteiger partial charge on any atom is 0.335 e. The molecule has 1 N–H and O–H groups in total. The third-order valence-electron chi connectivity index (χ3n) is 3.88. The second-order valence-electron chi connectivity index (χ2n) is 4.86. The predicted molar refractivity (Wildman–Crippen MR) is 66.5 cm³/mol. The quantitative estimate of drug-likeness (QED) is 0.657. The maximum atomic E-state index is 11.2. The highest BCUT2D eigenvalue weighted by atomic mass is 16.4. The largest absolute Gasteiger partial charge is 0.478 e. The SMILES string of the molecule is Cc1cc(C2(N=C=O)CCC2)cc(C(=O)O)c1C. The van der Waals surface area contributed by atoms with E-state index in [1.807, 2.05) is 13.0 Å². The molecule has 0 bridgehead atoms. The summed E-state index contributed by atoms with van der Waals surface area (Å²) in [4.78, 5) is 25.7. The Morgan fingerprint density at radius 1 is 1.39 bits per heavy atom. The lowest BCUT2D eigenvalue weighted by Gasteiger charge is -2.37. The van der Waals surface area contributed by atoms with Gasteiger partial charge in [-0.25, -0.2) is 9.59 Å². The molecule has 1 saturated carbocycles. The summed E-state index contributed by atoms with van der Waals surface area (Å²) in [6, 6.07) is 3.58. The zero-order valence-electron chi connectivity index (χ0n) is 10.5. The minimum absolute atomic E-state index is 0.289. The van der Waals surface area contributed by atoms with Gasteiger partial charge in [0.05, 0.1) is 11.1 Å². The number of carboxylic acid groups (broad SMARTS) is 1. The fraction of sp³-hybridized carbons (Fsp3) is 0.429. The van der Waals surface area contributed by atoms with Crippen LogP contribution in [0.2, 0.25) is 0 Å². The number of hydrogen-bond acceptors (Lipinski definition) is 3. The summed E-state index contributed by atoms with van der Waals surface area (Å²) in [6.07, 6.45) is 4.18. The van der Waals surface area contributed by atoms with Crippen LogP contribution in [0.25, 0.3) is 0 Å². The van der Waals surface area contributed by atoms with Gasteiger partial charge < -0.3 is 5.11 Å². The number of carboxylic acids is 1. The normalized spacial score (nSPS) is 16.6. The summed E-state index contributed by atoms with van der Waals surface area (Å²) >= 11 is 0. The molecule has 0 unspecified atom stereocenters. The van der Waals surface area contributed by atoms with Crippen LogP contribution in [0.5, 0.6) is 0 Å². The van der Waals surface area contributed by atoms with Crippen molar-refractivity contribution in [3.63, 3.8) is 0 Å². The number of rotatable bonds is 3. The first-order valence-corrected chi connectivity index (χ1v) is 5.94. The summed E-state index contributed by atoms with van der Waals surface area (Å²) in [5.41, 5.74) is 2.24. The van der Waals surface area contributed by atoms with Crippen LogP contribution in [-0.4, -0.2) is 17.2 Å². The molecule has 94 valence electrons. The van der Waals surface area contributed by atoms with Gasteiger partial charge in [0, 0.05) is 0 Å². The number of aliphatic imine (C=N–C) groups is 1. The summed E-state index contributed by atoms with van der Waals surface area (Å²) in [6.45, 7) is 3.67. The highest BCUT2D eigenvalue weighted by molar-refractivity contribution is 5.90. The maximum absolute atomic E-state index is 11.2. The second kappa shape index (κ2) is 4.39. The van der Waals surface area contributed by atoms with Gasteiger partial charge in [-0.2, -0.15) is 4.99 Å². The van der Waals surface area contributed by atoms with Gasteiger partial charge in [0.15, 0.2) is 0 Å². The highest BCUT2D eigenvalue weighted by Gasteiger charge is 2.39. The van der Waals surface area contributed by atoms with E-state index in [9.17, 15) is 14.7 Å². The Morgan fingerprint density at radius 3 is 2.50 bits per heavy atom. The molecule has 0 atom stereocenters. The number of aryl methyl sites for hydroxylation is 1. The van der Waals surface area contributed by atoms with E-state index in [4.69, 9.17) is 0 Å². The van der Waals surface area contributed by atoms with Gasteiger partial charge in [-0.15, -0.1) is 0 Å². The van der Waals surface area contributed by atoms with Crippen LogP contribution >= 0.6 is 0 Å². The Morgan fingerprint density at radius 2 is 2.06 bits per heavy atom. The molecule has 1 aliphatic carbocycles. The van der Waals surface area contributed by atoms with Crippen molar-refractivity contribution in [2.45, 2.75) is 38.6 Å². The number of hydrogen-bond donors (Lipinski definition) is 1. The van der Waals surface area contributed by atoms with Crippen molar-refractivity contribution in [1.82, 2.24) is 0 Å². The summed E-state index contributed by atoms with van der Waals surface area (Å²) in [7, 11) is 0. The summed E-state index contributed by atoms with van der Waals surface area (Å²) in [5.74, 6) is -0.943. The molecule has 0 spiro atoms. The van der Waals surface area contributed by atoms with Gasteiger partial charge in [-0.1, -0.05) is 6.07 Å². The monoisotopic (exact) mass is 245 g/mol. The first-order chi connectivity index (χ1) is 8.50. The molecule has 1 fully saturated rings. The third-order valence-corrected chi connectivity index (χ3v) is 3.88. The second-order valence-corrected chi connectivity index (χ2v) is 4.86. The van der Waals surface area contributed by atoms with E-state index < -0.39 is 11.5 Å². The molecule has 0 aromatic heterocycles. The fourth-order valence-corrected chi connectivity index (χ4v) is 2.41. The van der Waals surface area contributed by atoms with Crippen molar-refractivity contribution < 1.29 is 14.7 Å². The molecular weight excluding hydrogens is 230 g/mol. The van der Waals surface area contributed by atoms with Gasteiger partial charge in [-0.3, -0.25) is 0 Å². The van der Waals surface area contributed by atoms with Crippen molar-refractivity contribution in [2.75, 3.05) is 0 Å².